The van der Waals surface area contributed by atoms with E-state index in [1.165, 1.54) is 0 Å². The summed E-state index contributed by atoms with van der Waals surface area (Å²) in [6.45, 7) is 0. The zero-order valence-electron chi connectivity index (χ0n) is 8.41. The minimum Gasteiger partial charge on any atom is -0.264 e. The minimum absolute atomic E-state index is 0.148. The fourth-order valence-electron chi connectivity index (χ4n) is 2.11. The number of hydrogen-bond donors (Lipinski definition) is 0. The summed E-state index contributed by atoms with van der Waals surface area (Å²) in [5.74, 6) is 0. The van der Waals surface area contributed by atoms with E-state index < -0.39 is 21.9 Å². The lowest BCUT2D eigenvalue weighted by Gasteiger charge is -2.21. The Hall–Kier alpha value is -1.98. The smallest absolute Gasteiger partial charge is 0.264 e. The molecule has 2 atom stereocenters. The lowest BCUT2D eigenvalue weighted by atomic mass is 9.85. The second-order valence-corrected chi connectivity index (χ2v) is 3.88. The molecule has 0 spiro atoms. The highest BCUT2D eigenvalue weighted by Gasteiger charge is 2.44. The van der Waals surface area contributed by atoms with Gasteiger partial charge in [0.15, 0.2) is 0 Å². The molecular formula is C10H10N2O4. The summed E-state index contributed by atoms with van der Waals surface area (Å²) in [6, 6.07) is 4.96. The molecule has 0 aliphatic heterocycles. The zero-order chi connectivity index (χ0) is 11.7. The standard InChI is InChI=1S/C10H10N2O4/c13-11(14)9-5-7-3-1-2-4-8(7)6-10(9)12(15)16/h1-4,9-10H,5-6H2/t9-,10-/m0/s1. The van der Waals surface area contributed by atoms with E-state index >= 15 is 0 Å². The summed E-state index contributed by atoms with van der Waals surface area (Å²) in [5.41, 5.74) is 1.70. The summed E-state index contributed by atoms with van der Waals surface area (Å²) in [4.78, 5) is 20.5. The van der Waals surface area contributed by atoms with E-state index in [0.717, 1.165) is 11.1 Å². The quantitative estimate of drug-likeness (QED) is 0.553. The van der Waals surface area contributed by atoms with Gasteiger partial charge in [-0.2, -0.15) is 0 Å². The molecule has 0 fully saturated rings. The molecule has 0 radical (unpaired) electrons. The molecule has 0 saturated heterocycles. The third-order valence-corrected chi connectivity index (χ3v) is 2.96. The number of rotatable bonds is 2. The molecule has 0 amide bonds. The van der Waals surface area contributed by atoms with E-state index in [2.05, 4.69) is 0 Å². The predicted molar refractivity (Wildman–Crippen MR) is 55.4 cm³/mol. The van der Waals surface area contributed by atoms with E-state index in [0.29, 0.717) is 0 Å². The van der Waals surface area contributed by atoms with Gasteiger partial charge >= 0.3 is 0 Å². The third kappa shape index (κ3) is 1.73. The molecule has 1 aromatic carbocycles. The molecule has 1 aliphatic rings. The van der Waals surface area contributed by atoms with Gasteiger partial charge in [-0.05, 0) is 11.1 Å². The lowest BCUT2D eigenvalue weighted by Crippen LogP contribution is -2.45. The van der Waals surface area contributed by atoms with Crippen molar-refractivity contribution in [2.24, 2.45) is 0 Å². The van der Waals surface area contributed by atoms with Gasteiger partial charge in [0.2, 0.25) is 0 Å². The lowest BCUT2D eigenvalue weighted by molar-refractivity contribution is -0.618. The van der Waals surface area contributed by atoms with Gasteiger partial charge in [0.25, 0.3) is 12.1 Å². The Morgan fingerprint density at radius 2 is 1.31 bits per heavy atom. The van der Waals surface area contributed by atoms with Gasteiger partial charge < -0.3 is 0 Å². The molecule has 0 bridgehead atoms. The molecule has 2 rings (SSSR count). The molecule has 16 heavy (non-hydrogen) atoms. The normalized spacial score (nSPS) is 23.5. The van der Waals surface area contributed by atoms with Crippen LogP contribution in [0.5, 0.6) is 0 Å². The number of hydrogen-bond acceptors (Lipinski definition) is 4. The first-order chi connectivity index (χ1) is 7.59. The molecule has 1 aromatic rings. The van der Waals surface area contributed by atoms with Crippen LogP contribution in [0.4, 0.5) is 0 Å². The van der Waals surface area contributed by atoms with E-state index in [1.807, 2.05) is 0 Å². The van der Waals surface area contributed by atoms with Gasteiger partial charge in [0, 0.05) is 22.7 Å². The van der Waals surface area contributed by atoms with E-state index in [9.17, 15) is 20.2 Å². The van der Waals surface area contributed by atoms with Crippen molar-refractivity contribution in [1.29, 1.82) is 0 Å². The van der Waals surface area contributed by atoms with Crippen molar-refractivity contribution in [2.45, 2.75) is 24.9 Å². The van der Waals surface area contributed by atoms with Crippen LogP contribution in [0.25, 0.3) is 0 Å². The molecule has 0 unspecified atom stereocenters. The van der Waals surface area contributed by atoms with Crippen LogP contribution in [0, 0.1) is 20.2 Å². The van der Waals surface area contributed by atoms with Crippen LogP contribution in [-0.4, -0.2) is 21.9 Å². The van der Waals surface area contributed by atoms with Crippen LogP contribution in [0.3, 0.4) is 0 Å². The van der Waals surface area contributed by atoms with Crippen LogP contribution in [0.1, 0.15) is 11.1 Å². The van der Waals surface area contributed by atoms with Crippen molar-refractivity contribution in [3.8, 4) is 0 Å². The maximum absolute atomic E-state index is 10.8. The van der Waals surface area contributed by atoms with Gasteiger partial charge in [-0.15, -0.1) is 0 Å². The number of nitrogens with zero attached hydrogens (tertiary/aromatic N) is 2. The van der Waals surface area contributed by atoms with Gasteiger partial charge in [-0.25, -0.2) is 0 Å². The first-order valence-corrected chi connectivity index (χ1v) is 4.93. The Morgan fingerprint density at radius 1 is 0.938 bits per heavy atom. The molecule has 6 heteroatoms. The molecule has 6 nitrogen and oxygen atoms in total. The van der Waals surface area contributed by atoms with Crippen molar-refractivity contribution in [1.82, 2.24) is 0 Å². The minimum atomic E-state index is -1.11. The van der Waals surface area contributed by atoms with Crippen molar-refractivity contribution < 1.29 is 9.85 Å². The highest BCUT2D eigenvalue weighted by molar-refractivity contribution is 5.31. The summed E-state index contributed by atoms with van der Waals surface area (Å²) in [7, 11) is 0. The number of nitro groups is 2. The first kappa shape index (κ1) is 10.5. The largest absolute Gasteiger partial charge is 0.283 e. The van der Waals surface area contributed by atoms with E-state index in [-0.39, 0.29) is 12.8 Å². The fraction of sp³-hybridized carbons (Fsp3) is 0.400. The molecule has 1 aliphatic carbocycles. The molecule has 0 aromatic heterocycles. The fourth-order valence-corrected chi connectivity index (χ4v) is 2.11. The maximum Gasteiger partial charge on any atom is 0.283 e. The van der Waals surface area contributed by atoms with E-state index in [4.69, 9.17) is 0 Å². The molecule has 0 saturated carbocycles. The van der Waals surface area contributed by atoms with Gasteiger partial charge in [0.1, 0.15) is 0 Å². The summed E-state index contributed by atoms with van der Waals surface area (Å²) >= 11 is 0. The van der Waals surface area contributed by atoms with Gasteiger partial charge in [0.05, 0.1) is 0 Å². The first-order valence-electron chi connectivity index (χ1n) is 4.93. The predicted octanol–water partition coefficient (Wildman–Crippen LogP) is 1.08. The van der Waals surface area contributed by atoms with Crippen LogP contribution in [0.15, 0.2) is 24.3 Å². The average molecular weight is 222 g/mol. The average Bonchev–Trinajstić information content (AvgIpc) is 2.27. The number of fused-ring (bicyclic) bond motifs is 1. The van der Waals surface area contributed by atoms with Crippen LogP contribution < -0.4 is 0 Å². The third-order valence-electron chi connectivity index (χ3n) is 2.96. The van der Waals surface area contributed by atoms with Crippen molar-refractivity contribution in [3.05, 3.63) is 55.6 Å². The van der Waals surface area contributed by atoms with Crippen molar-refractivity contribution in [3.63, 3.8) is 0 Å². The van der Waals surface area contributed by atoms with Gasteiger partial charge in [-0.1, -0.05) is 24.3 Å². The molecule has 84 valence electrons. The monoisotopic (exact) mass is 222 g/mol. The molecule has 0 N–H and O–H groups in total. The molecular weight excluding hydrogens is 212 g/mol. The summed E-state index contributed by atoms with van der Waals surface area (Å²) in [5, 5.41) is 21.6. The van der Waals surface area contributed by atoms with Crippen LogP contribution in [0.2, 0.25) is 0 Å². The topological polar surface area (TPSA) is 86.3 Å². The maximum atomic E-state index is 10.8. The van der Waals surface area contributed by atoms with Crippen LogP contribution in [-0.2, 0) is 12.8 Å². The number of benzene rings is 1. The Bertz CT molecular complexity index is 405. The van der Waals surface area contributed by atoms with Gasteiger partial charge in [-0.3, -0.25) is 20.2 Å². The summed E-state index contributed by atoms with van der Waals surface area (Å²) in [6.07, 6.45) is 0.295. The highest BCUT2D eigenvalue weighted by atomic mass is 16.6. The Morgan fingerprint density at radius 3 is 1.62 bits per heavy atom. The van der Waals surface area contributed by atoms with Crippen molar-refractivity contribution >= 4 is 0 Å². The Balaban J connectivity index is 2.37. The Kier molecular flexibility index (Phi) is 2.55. The second kappa shape index (κ2) is 3.88. The molecule has 0 heterocycles. The zero-order valence-corrected chi connectivity index (χ0v) is 8.41. The summed E-state index contributed by atoms with van der Waals surface area (Å²) < 4.78 is 0. The second-order valence-electron chi connectivity index (χ2n) is 3.88. The van der Waals surface area contributed by atoms with Crippen molar-refractivity contribution in [2.75, 3.05) is 0 Å². The Labute approximate surface area is 91.2 Å². The van der Waals surface area contributed by atoms with Crippen LogP contribution >= 0.6 is 0 Å². The highest BCUT2D eigenvalue weighted by Crippen LogP contribution is 2.24. The SMILES string of the molecule is O=[N+]([O-])[C@H]1Cc2ccccc2C[C@@H]1[N+](=O)[O-]. The van der Waals surface area contributed by atoms with E-state index in [1.54, 1.807) is 24.3 Å².